The minimum absolute atomic E-state index is 0.0533. The molecule has 0 spiro atoms. The van der Waals surface area contributed by atoms with Gasteiger partial charge in [0.2, 0.25) is 5.88 Å². The lowest BCUT2D eigenvalue weighted by Gasteiger charge is -2.06. The van der Waals surface area contributed by atoms with Crippen LogP contribution in [-0.2, 0) is 4.74 Å². The van der Waals surface area contributed by atoms with Crippen LogP contribution in [0.25, 0.3) is 11.0 Å². The highest BCUT2D eigenvalue weighted by molar-refractivity contribution is 6.32. The van der Waals surface area contributed by atoms with Gasteiger partial charge in [0.15, 0.2) is 0 Å². The van der Waals surface area contributed by atoms with Gasteiger partial charge in [0.1, 0.15) is 11.6 Å². The second-order valence-electron chi connectivity index (χ2n) is 3.56. The first-order valence-corrected chi connectivity index (χ1v) is 5.28. The number of fused-ring (bicyclic) bond motifs is 1. The van der Waals surface area contributed by atoms with Gasteiger partial charge >= 0.3 is 0 Å². The molecule has 3 rings (SSSR count). The molecule has 1 atom stereocenters. The first-order valence-electron chi connectivity index (χ1n) is 4.90. The molecule has 1 aliphatic heterocycles. The Morgan fingerprint density at radius 3 is 3.00 bits per heavy atom. The normalized spacial score (nSPS) is 18.8. The van der Waals surface area contributed by atoms with Crippen LogP contribution in [0.4, 0.5) is 0 Å². The molecule has 0 N–H and O–H groups in total. The minimum atomic E-state index is 0.0533. The smallest absolute Gasteiger partial charge is 0.213 e. The van der Waals surface area contributed by atoms with E-state index in [9.17, 15) is 0 Å². The van der Waals surface area contributed by atoms with Gasteiger partial charge in [-0.05, 0) is 6.07 Å². The van der Waals surface area contributed by atoms with Crippen LogP contribution in [0.1, 0.15) is 11.7 Å². The molecule has 0 radical (unpaired) electrons. The van der Waals surface area contributed by atoms with Crippen molar-refractivity contribution in [3.05, 3.63) is 28.9 Å². The Hall–Kier alpha value is -1.39. The van der Waals surface area contributed by atoms with Crippen molar-refractivity contribution in [3.8, 4) is 5.88 Å². The fraction of sp³-hybridized carbons (Fsp3) is 0.273. The number of halogens is 1. The highest BCUT2D eigenvalue weighted by Crippen LogP contribution is 2.38. The molecule has 0 saturated carbocycles. The van der Waals surface area contributed by atoms with Crippen molar-refractivity contribution in [2.75, 3.05) is 13.7 Å². The molecule has 2 aromatic rings. The van der Waals surface area contributed by atoms with Crippen LogP contribution in [0.5, 0.6) is 5.88 Å². The van der Waals surface area contributed by atoms with Crippen LogP contribution in [0.2, 0.25) is 5.02 Å². The topological polar surface area (TPSA) is 47.5 Å². The molecule has 0 amide bonds. The Kier molecular flexibility index (Phi) is 2.19. The Morgan fingerprint density at radius 2 is 2.31 bits per heavy atom. The summed E-state index contributed by atoms with van der Waals surface area (Å²) in [6, 6.07) is 3.64. The fourth-order valence-electron chi connectivity index (χ4n) is 1.68. The number of aromatic nitrogens is 2. The largest absolute Gasteiger partial charge is 0.481 e. The number of hydrogen-bond acceptors (Lipinski definition) is 4. The number of pyridine rings is 2. The number of methoxy groups -OCH3 is 1. The first kappa shape index (κ1) is 9.81. The summed E-state index contributed by atoms with van der Waals surface area (Å²) < 4.78 is 10.4. The van der Waals surface area contributed by atoms with Gasteiger partial charge in [0, 0.05) is 17.8 Å². The van der Waals surface area contributed by atoms with Gasteiger partial charge < -0.3 is 9.47 Å². The first-order chi connectivity index (χ1) is 7.79. The number of epoxide rings is 1. The molecular formula is C11H9ClN2O2. The van der Waals surface area contributed by atoms with E-state index in [0.29, 0.717) is 17.5 Å². The van der Waals surface area contributed by atoms with E-state index in [1.54, 1.807) is 19.4 Å². The molecule has 0 bridgehead atoms. The Balaban J connectivity index is 2.30. The Morgan fingerprint density at radius 1 is 1.50 bits per heavy atom. The number of nitrogens with zero attached hydrogens (tertiary/aromatic N) is 2. The van der Waals surface area contributed by atoms with Gasteiger partial charge in [-0.3, -0.25) is 4.98 Å². The molecule has 82 valence electrons. The molecule has 1 saturated heterocycles. The van der Waals surface area contributed by atoms with Crippen LogP contribution >= 0.6 is 11.6 Å². The molecule has 1 aliphatic rings. The zero-order valence-corrected chi connectivity index (χ0v) is 9.36. The summed E-state index contributed by atoms with van der Waals surface area (Å²) in [5.74, 6) is 0.554. The summed E-state index contributed by atoms with van der Waals surface area (Å²) in [7, 11) is 1.58. The average Bonchev–Trinajstić information content (AvgIpc) is 3.12. The summed E-state index contributed by atoms with van der Waals surface area (Å²) in [6.07, 6.45) is 1.69. The fourth-order valence-corrected chi connectivity index (χ4v) is 1.94. The van der Waals surface area contributed by atoms with Gasteiger partial charge in [-0.2, -0.15) is 0 Å². The van der Waals surface area contributed by atoms with Gasteiger partial charge in [0.05, 0.1) is 24.3 Å². The molecule has 1 fully saturated rings. The molecule has 1 unspecified atom stereocenters. The third-order valence-corrected chi connectivity index (χ3v) is 2.84. The lowest BCUT2D eigenvalue weighted by molar-refractivity contribution is 0.398. The molecule has 5 heteroatoms. The van der Waals surface area contributed by atoms with E-state index in [-0.39, 0.29) is 6.10 Å². The van der Waals surface area contributed by atoms with Crippen LogP contribution in [0.3, 0.4) is 0 Å². The predicted molar refractivity (Wildman–Crippen MR) is 59.8 cm³/mol. The average molecular weight is 237 g/mol. The molecule has 0 aromatic carbocycles. The van der Waals surface area contributed by atoms with E-state index in [0.717, 1.165) is 16.6 Å². The maximum atomic E-state index is 6.11. The van der Waals surface area contributed by atoms with E-state index < -0.39 is 0 Å². The quantitative estimate of drug-likeness (QED) is 0.751. The zero-order chi connectivity index (χ0) is 11.1. The lowest BCUT2D eigenvalue weighted by atomic mass is 10.1. The molecule has 2 aromatic heterocycles. The van der Waals surface area contributed by atoms with E-state index in [2.05, 4.69) is 9.97 Å². The van der Waals surface area contributed by atoms with E-state index in [1.807, 2.05) is 6.07 Å². The van der Waals surface area contributed by atoms with Gasteiger partial charge in [-0.15, -0.1) is 0 Å². The van der Waals surface area contributed by atoms with Crippen LogP contribution in [0.15, 0.2) is 18.3 Å². The second-order valence-corrected chi connectivity index (χ2v) is 3.97. The van der Waals surface area contributed by atoms with Crippen molar-refractivity contribution in [2.45, 2.75) is 6.10 Å². The molecular weight excluding hydrogens is 228 g/mol. The van der Waals surface area contributed by atoms with Crippen molar-refractivity contribution < 1.29 is 9.47 Å². The predicted octanol–water partition coefficient (Wildman–Crippen LogP) is 2.36. The summed E-state index contributed by atoms with van der Waals surface area (Å²) in [4.78, 5) is 8.59. The monoisotopic (exact) mass is 236 g/mol. The lowest BCUT2D eigenvalue weighted by Crippen LogP contribution is -1.94. The van der Waals surface area contributed by atoms with Crippen LogP contribution < -0.4 is 4.74 Å². The van der Waals surface area contributed by atoms with Crippen LogP contribution in [0, 0.1) is 0 Å². The van der Waals surface area contributed by atoms with Gasteiger partial charge in [-0.1, -0.05) is 11.6 Å². The van der Waals surface area contributed by atoms with Crippen LogP contribution in [-0.4, -0.2) is 23.7 Å². The number of rotatable bonds is 2. The Bertz CT molecular complexity index is 555. The molecule has 16 heavy (non-hydrogen) atoms. The summed E-state index contributed by atoms with van der Waals surface area (Å²) in [5, 5.41) is 0.593. The second kappa shape index (κ2) is 3.57. The van der Waals surface area contributed by atoms with E-state index >= 15 is 0 Å². The molecule has 0 aliphatic carbocycles. The molecule has 4 nitrogen and oxygen atoms in total. The SMILES string of the molecule is COc1ccc2ncc(Cl)c(C3CO3)c2n1. The third-order valence-electron chi connectivity index (χ3n) is 2.54. The maximum Gasteiger partial charge on any atom is 0.213 e. The zero-order valence-electron chi connectivity index (χ0n) is 8.61. The molecule has 3 heterocycles. The number of hydrogen-bond donors (Lipinski definition) is 0. The number of ether oxygens (including phenoxy) is 2. The van der Waals surface area contributed by atoms with E-state index in [4.69, 9.17) is 21.1 Å². The van der Waals surface area contributed by atoms with Crippen molar-refractivity contribution in [3.63, 3.8) is 0 Å². The Labute approximate surface area is 97.2 Å². The maximum absolute atomic E-state index is 6.11. The van der Waals surface area contributed by atoms with Crippen molar-refractivity contribution in [1.29, 1.82) is 0 Å². The van der Waals surface area contributed by atoms with E-state index in [1.165, 1.54) is 0 Å². The minimum Gasteiger partial charge on any atom is -0.481 e. The summed E-state index contributed by atoms with van der Waals surface area (Å²) in [5.41, 5.74) is 2.47. The summed E-state index contributed by atoms with van der Waals surface area (Å²) >= 11 is 6.11. The highest BCUT2D eigenvalue weighted by Gasteiger charge is 2.30. The van der Waals surface area contributed by atoms with Crippen molar-refractivity contribution in [1.82, 2.24) is 9.97 Å². The van der Waals surface area contributed by atoms with Crippen molar-refractivity contribution in [2.24, 2.45) is 0 Å². The van der Waals surface area contributed by atoms with Gasteiger partial charge in [-0.25, -0.2) is 4.98 Å². The summed E-state index contributed by atoms with van der Waals surface area (Å²) in [6.45, 7) is 0.692. The van der Waals surface area contributed by atoms with Crippen molar-refractivity contribution >= 4 is 22.6 Å². The standard InChI is InChI=1S/C11H9ClN2O2/c1-15-9-3-2-7-11(14-9)10(8-5-16-8)6(12)4-13-7/h2-4,8H,5H2,1H3. The third kappa shape index (κ3) is 1.50. The van der Waals surface area contributed by atoms with Gasteiger partial charge in [0.25, 0.3) is 0 Å². The highest BCUT2D eigenvalue weighted by atomic mass is 35.5.